The predicted molar refractivity (Wildman–Crippen MR) is 60.2 cm³/mol. The smallest absolute Gasteiger partial charge is 0.302 e. The van der Waals surface area contributed by atoms with Crippen molar-refractivity contribution in [2.75, 3.05) is 24.9 Å². The molecule has 1 aromatic rings. The summed E-state index contributed by atoms with van der Waals surface area (Å²) in [5.74, 6) is 0. The Balaban J connectivity index is 2.78. The molecule has 5 N–H and O–H groups in total. The van der Waals surface area contributed by atoms with Crippen molar-refractivity contribution >= 4 is 19.0 Å². The lowest BCUT2D eigenvalue weighted by molar-refractivity contribution is 0.566. The first kappa shape index (κ1) is 11.0. The second-order valence-corrected chi connectivity index (χ2v) is 5.13. The number of rotatable bonds is 4. The molecular weight excluding hydrogens is 199 g/mol. The molecule has 0 radical (unpaired) electrons. The fourth-order valence-electron chi connectivity index (χ4n) is 0.963. The molecule has 0 aliphatic rings. The maximum absolute atomic E-state index is 11.8. The molecule has 1 rings (SSSR count). The van der Waals surface area contributed by atoms with Gasteiger partial charge in [0.1, 0.15) is 0 Å². The van der Waals surface area contributed by atoms with E-state index in [-0.39, 0.29) is 0 Å². The van der Waals surface area contributed by atoms with Crippen molar-refractivity contribution in [1.29, 1.82) is 0 Å². The van der Waals surface area contributed by atoms with Gasteiger partial charge in [-0.05, 0) is 38.4 Å². The van der Waals surface area contributed by atoms with Crippen LogP contribution in [0.3, 0.4) is 0 Å². The van der Waals surface area contributed by atoms with Gasteiger partial charge in [0, 0.05) is 11.4 Å². The van der Waals surface area contributed by atoms with Crippen molar-refractivity contribution in [2.24, 2.45) is 0 Å². The second kappa shape index (κ2) is 4.46. The lowest BCUT2D eigenvalue weighted by atomic mass is 10.3. The summed E-state index contributed by atoms with van der Waals surface area (Å²) in [6.07, 6.45) is 0. The summed E-state index contributed by atoms with van der Waals surface area (Å²) >= 11 is 0. The third kappa shape index (κ3) is 2.73. The molecule has 0 atom stereocenters. The van der Waals surface area contributed by atoms with Crippen LogP contribution in [0.1, 0.15) is 0 Å². The zero-order chi connectivity index (χ0) is 10.6. The van der Waals surface area contributed by atoms with Gasteiger partial charge in [-0.1, -0.05) is 0 Å². The Bertz CT molecular complexity index is 330. The summed E-state index contributed by atoms with van der Waals surface area (Å²) in [5, 5.41) is 8.25. The topological polar surface area (TPSA) is 79.2 Å². The van der Waals surface area contributed by atoms with E-state index in [0.717, 1.165) is 5.69 Å². The molecule has 0 spiro atoms. The minimum Gasteiger partial charge on any atom is -0.399 e. The number of benzene rings is 1. The number of anilines is 2. The van der Waals surface area contributed by atoms with Crippen molar-refractivity contribution in [3.63, 3.8) is 0 Å². The highest BCUT2D eigenvalue weighted by Crippen LogP contribution is 2.34. The Morgan fingerprint density at radius 3 is 2.07 bits per heavy atom. The first-order valence-electron chi connectivity index (χ1n) is 4.21. The summed E-state index contributed by atoms with van der Waals surface area (Å²) in [7, 11) is 0.544. The van der Waals surface area contributed by atoms with Crippen LogP contribution < -0.4 is 21.0 Å². The minimum atomic E-state index is -2.71. The molecule has 6 heteroatoms. The van der Waals surface area contributed by atoms with Gasteiger partial charge in [-0.15, -0.1) is 0 Å². The van der Waals surface area contributed by atoms with E-state index in [9.17, 15) is 4.57 Å². The van der Waals surface area contributed by atoms with Crippen LogP contribution in [0.5, 0.6) is 0 Å². The average Bonchev–Trinajstić information content (AvgIpc) is 2.21. The van der Waals surface area contributed by atoms with Gasteiger partial charge in [0.05, 0.1) is 0 Å². The SMILES string of the molecule is CNP(=O)(NC)Nc1ccc(N)cc1. The molecule has 0 saturated carbocycles. The normalized spacial score (nSPS) is 11.3. The molecule has 0 unspecified atom stereocenters. The van der Waals surface area contributed by atoms with Gasteiger partial charge >= 0.3 is 7.59 Å². The predicted octanol–water partition coefficient (Wildman–Crippen LogP) is 1.23. The summed E-state index contributed by atoms with van der Waals surface area (Å²) in [6, 6.07) is 7.04. The second-order valence-electron chi connectivity index (χ2n) is 2.79. The van der Waals surface area contributed by atoms with E-state index in [2.05, 4.69) is 15.3 Å². The van der Waals surface area contributed by atoms with E-state index in [1.807, 2.05) is 0 Å². The van der Waals surface area contributed by atoms with Crippen molar-refractivity contribution < 1.29 is 4.57 Å². The maximum atomic E-state index is 11.8. The van der Waals surface area contributed by atoms with E-state index >= 15 is 0 Å². The molecule has 0 aliphatic heterocycles. The Hall–Kier alpha value is -1.03. The van der Waals surface area contributed by atoms with Crippen molar-refractivity contribution in [2.45, 2.75) is 0 Å². The van der Waals surface area contributed by atoms with Crippen molar-refractivity contribution in [1.82, 2.24) is 10.2 Å². The lowest BCUT2D eigenvalue weighted by Gasteiger charge is -2.18. The zero-order valence-electron chi connectivity index (χ0n) is 8.24. The summed E-state index contributed by atoms with van der Waals surface area (Å²) in [5.41, 5.74) is 6.96. The van der Waals surface area contributed by atoms with Gasteiger partial charge in [-0.25, -0.2) is 10.2 Å². The Morgan fingerprint density at radius 2 is 1.64 bits per heavy atom. The van der Waals surface area contributed by atoms with E-state index in [0.29, 0.717) is 5.69 Å². The van der Waals surface area contributed by atoms with Crippen LogP contribution in [-0.4, -0.2) is 14.1 Å². The fraction of sp³-hybridized carbons (Fsp3) is 0.250. The van der Waals surface area contributed by atoms with Gasteiger partial charge in [-0.2, -0.15) is 0 Å². The number of hydrogen-bond donors (Lipinski definition) is 4. The third-order valence-corrected chi connectivity index (χ3v) is 3.66. The number of hydrogen-bond acceptors (Lipinski definition) is 2. The van der Waals surface area contributed by atoms with Crippen molar-refractivity contribution in [3.05, 3.63) is 24.3 Å². The summed E-state index contributed by atoms with van der Waals surface area (Å²) in [4.78, 5) is 0. The van der Waals surface area contributed by atoms with Crippen LogP contribution in [0.2, 0.25) is 0 Å². The first-order chi connectivity index (χ1) is 6.59. The molecule has 0 heterocycles. The maximum Gasteiger partial charge on any atom is 0.302 e. The van der Waals surface area contributed by atoms with E-state index in [1.165, 1.54) is 0 Å². The first-order valence-corrected chi connectivity index (χ1v) is 5.92. The van der Waals surface area contributed by atoms with Crippen LogP contribution >= 0.6 is 7.59 Å². The monoisotopic (exact) mass is 214 g/mol. The third-order valence-electron chi connectivity index (χ3n) is 1.83. The number of nitrogens with one attached hydrogen (secondary N) is 3. The molecule has 14 heavy (non-hydrogen) atoms. The van der Waals surface area contributed by atoms with E-state index in [4.69, 9.17) is 5.73 Å². The number of nitrogens with two attached hydrogens (primary N) is 1. The fourth-order valence-corrected chi connectivity index (χ4v) is 1.92. The highest BCUT2D eigenvalue weighted by molar-refractivity contribution is 7.61. The molecule has 0 aliphatic carbocycles. The standard InChI is InChI=1S/C8H15N4OP/c1-10-14(13,11-2)12-8-5-3-7(9)4-6-8/h3-6H,9H2,1-2H3,(H3,10,11,12,13). The summed E-state index contributed by atoms with van der Waals surface area (Å²) in [6.45, 7) is 0. The van der Waals surface area contributed by atoms with E-state index in [1.54, 1.807) is 38.4 Å². The molecule has 0 amide bonds. The van der Waals surface area contributed by atoms with Gasteiger partial charge in [0.25, 0.3) is 0 Å². The molecule has 0 aromatic heterocycles. The lowest BCUT2D eigenvalue weighted by Crippen LogP contribution is -2.21. The molecular formula is C8H15N4OP. The van der Waals surface area contributed by atoms with Crippen LogP contribution in [0, 0.1) is 0 Å². The Labute approximate surface area is 83.6 Å². The quantitative estimate of drug-likeness (QED) is 0.448. The molecule has 0 fully saturated rings. The van der Waals surface area contributed by atoms with Crippen LogP contribution in [0.15, 0.2) is 24.3 Å². The molecule has 5 nitrogen and oxygen atoms in total. The van der Waals surface area contributed by atoms with Gasteiger partial charge in [0.2, 0.25) is 0 Å². The van der Waals surface area contributed by atoms with Crippen LogP contribution in [0.4, 0.5) is 11.4 Å². The number of nitrogen functional groups attached to an aromatic ring is 1. The summed E-state index contributed by atoms with van der Waals surface area (Å²) < 4.78 is 11.8. The Morgan fingerprint density at radius 1 is 1.14 bits per heavy atom. The molecule has 0 bridgehead atoms. The molecule has 78 valence electrons. The van der Waals surface area contributed by atoms with Gasteiger partial charge in [-0.3, -0.25) is 4.57 Å². The van der Waals surface area contributed by atoms with Crippen LogP contribution in [0.25, 0.3) is 0 Å². The van der Waals surface area contributed by atoms with Crippen molar-refractivity contribution in [3.8, 4) is 0 Å². The highest BCUT2D eigenvalue weighted by atomic mass is 31.2. The minimum absolute atomic E-state index is 0.680. The highest BCUT2D eigenvalue weighted by Gasteiger charge is 2.15. The van der Waals surface area contributed by atoms with Gasteiger partial charge in [0.15, 0.2) is 0 Å². The average molecular weight is 214 g/mol. The zero-order valence-corrected chi connectivity index (χ0v) is 9.14. The van der Waals surface area contributed by atoms with Gasteiger partial charge < -0.3 is 10.8 Å². The molecule has 0 saturated heterocycles. The van der Waals surface area contributed by atoms with Crippen LogP contribution in [-0.2, 0) is 4.57 Å². The molecule has 1 aromatic carbocycles. The Kier molecular flexibility index (Phi) is 3.52. The van der Waals surface area contributed by atoms with E-state index < -0.39 is 7.59 Å². The largest absolute Gasteiger partial charge is 0.399 e.